The zero-order valence-corrected chi connectivity index (χ0v) is 11.6. The molecule has 0 radical (unpaired) electrons. The SMILES string of the molecule is CC1CN(C(=O)C(C)(C)C(N)=NO)CC(C)S1. The number of amidine groups is 1. The quantitative estimate of drug-likeness (QED) is 0.337. The zero-order chi connectivity index (χ0) is 13.2. The van der Waals surface area contributed by atoms with Crippen molar-refractivity contribution < 1.29 is 10.0 Å². The Morgan fingerprint density at radius 3 is 2.29 bits per heavy atom. The van der Waals surface area contributed by atoms with Crippen molar-refractivity contribution in [3.05, 3.63) is 0 Å². The number of hydrogen-bond donors (Lipinski definition) is 2. The average molecular weight is 259 g/mol. The van der Waals surface area contributed by atoms with Crippen molar-refractivity contribution in [2.24, 2.45) is 16.3 Å². The number of nitrogens with two attached hydrogens (primary N) is 1. The molecule has 1 heterocycles. The maximum absolute atomic E-state index is 12.4. The van der Waals surface area contributed by atoms with E-state index in [1.807, 2.05) is 16.7 Å². The predicted octanol–water partition coefficient (Wildman–Crippen LogP) is 1.11. The summed E-state index contributed by atoms with van der Waals surface area (Å²) in [5.41, 5.74) is 4.63. The maximum atomic E-state index is 12.4. The molecule has 3 N–H and O–H groups in total. The van der Waals surface area contributed by atoms with E-state index in [1.165, 1.54) is 0 Å². The van der Waals surface area contributed by atoms with Gasteiger partial charge in [0.15, 0.2) is 5.84 Å². The van der Waals surface area contributed by atoms with Crippen LogP contribution >= 0.6 is 11.8 Å². The number of amides is 1. The zero-order valence-electron chi connectivity index (χ0n) is 10.8. The minimum absolute atomic E-state index is 0.0407. The molecule has 1 fully saturated rings. The molecule has 6 heteroatoms. The molecule has 0 saturated carbocycles. The summed E-state index contributed by atoms with van der Waals surface area (Å²) < 4.78 is 0. The number of rotatable bonds is 2. The van der Waals surface area contributed by atoms with Crippen molar-refractivity contribution in [1.82, 2.24) is 4.90 Å². The van der Waals surface area contributed by atoms with Gasteiger partial charge in [-0.3, -0.25) is 4.79 Å². The summed E-state index contributed by atoms with van der Waals surface area (Å²) in [7, 11) is 0. The van der Waals surface area contributed by atoms with E-state index in [-0.39, 0.29) is 11.7 Å². The lowest BCUT2D eigenvalue weighted by atomic mass is 9.90. The predicted molar refractivity (Wildman–Crippen MR) is 70.3 cm³/mol. The summed E-state index contributed by atoms with van der Waals surface area (Å²) >= 11 is 1.88. The van der Waals surface area contributed by atoms with Gasteiger partial charge in [0, 0.05) is 23.6 Å². The molecule has 98 valence electrons. The lowest BCUT2D eigenvalue weighted by Gasteiger charge is -2.38. The molecular weight excluding hydrogens is 238 g/mol. The molecule has 0 bridgehead atoms. The number of oxime groups is 1. The monoisotopic (exact) mass is 259 g/mol. The van der Waals surface area contributed by atoms with Crippen LogP contribution in [-0.4, -0.2) is 45.4 Å². The van der Waals surface area contributed by atoms with Gasteiger partial charge in [-0.05, 0) is 13.8 Å². The second-order valence-corrected chi connectivity index (χ2v) is 6.96. The first-order valence-corrected chi connectivity index (χ1v) is 6.66. The molecule has 1 aliphatic rings. The largest absolute Gasteiger partial charge is 0.409 e. The lowest BCUT2D eigenvalue weighted by Crippen LogP contribution is -2.52. The molecule has 2 atom stereocenters. The molecule has 5 nitrogen and oxygen atoms in total. The van der Waals surface area contributed by atoms with Gasteiger partial charge < -0.3 is 15.8 Å². The van der Waals surface area contributed by atoms with Gasteiger partial charge >= 0.3 is 0 Å². The van der Waals surface area contributed by atoms with Crippen molar-refractivity contribution >= 4 is 23.5 Å². The molecule has 0 aromatic heterocycles. The summed E-state index contributed by atoms with van der Waals surface area (Å²) in [6.07, 6.45) is 0. The van der Waals surface area contributed by atoms with Crippen LogP contribution in [0.25, 0.3) is 0 Å². The smallest absolute Gasteiger partial charge is 0.236 e. The Hall–Kier alpha value is -0.910. The van der Waals surface area contributed by atoms with Crippen LogP contribution in [0.2, 0.25) is 0 Å². The molecule has 0 aliphatic carbocycles. The Kier molecular flexibility index (Phi) is 4.30. The molecule has 0 aromatic carbocycles. The van der Waals surface area contributed by atoms with E-state index < -0.39 is 5.41 Å². The Labute approximate surface area is 106 Å². The highest BCUT2D eigenvalue weighted by atomic mass is 32.2. The van der Waals surface area contributed by atoms with Crippen molar-refractivity contribution in [2.45, 2.75) is 38.2 Å². The van der Waals surface area contributed by atoms with Crippen LogP contribution in [0.3, 0.4) is 0 Å². The normalized spacial score (nSPS) is 27.1. The first-order chi connectivity index (χ1) is 7.78. The van der Waals surface area contributed by atoms with Crippen LogP contribution in [0.1, 0.15) is 27.7 Å². The molecule has 2 unspecified atom stereocenters. The third-order valence-electron chi connectivity index (χ3n) is 2.99. The first kappa shape index (κ1) is 14.2. The Morgan fingerprint density at radius 2 is 1.88 bits per heavy atom. The van der Waals surface area contributed by atoms with Gasteiger partial charge in [0.2, 0.25) is 5.91 Å². The number of hydrogen-bond acceptors (Lipinski definition) is 4. The van der Waals surface area contributed by atoms with Gasteiger partial charge in [-0.1, -0.05) is 19.0 Å². The molecular formula is C11H21N3O2S. The van der Waals surface area contributed by atoms with Gasteiger partial charge in [0.25, 0.3) is 0 Å². The van der Waals surface area contributed by atoms with Crippen molar-refractivity contribution in [3.8, 4) is 0 Å². The molecule has 1 saturated heterocycles. The van der Waals surface area contributed by atoms with Crippen LogP contribution in [0.5, 0.6) is 0 Å². The lowest BCUT2D eigenvalue weighted by molar-refractivity contribution is -0.137. The van der Waals surface area contributed by atoms with E-state index >= 15 is 0 Å². The standard InChI is InChI=1S/C11H21N3O2S/c1-7-5-14(6-8(2)17-7)10(15)11(3,4)9(12)13-16/h7-8,16H,5-6H2,1-4H3,(H2,12,13). The summed E-state index contributed by atoms with van der Waals surface area (Å²) in [5, 5.41) is 12.5. The van der Waals surface area contributed by atoms with Crippen LogP contribution in [-0.2, 0) is 4.79 Å². The van der Waals surface area contributed by atoms with Crippen LogP contribution in [0.4, 0.5) is 0 Å². The topological polar surface area (TPSA) is 78.9 Å². The molecule has 0 spiro atoms. The highest BCUT2D eigenvalue weighted by molar-refractivity contribution is 8.00. The van der Waals surface area contributed by atoms with E-state index in [0.29, 0.717) is 10.5 Å². The van der Waals surface area contributed by atoms with E-state index in [4.69, 9.17) is 10.9 Å². The number of carbonyl (C=O) groups excluding carboxylic acids is 1. The fraction of sp³-hybridized carbons (Fsp3) is 0.818. The van der Waals surface area contributed by atoms with Gasteiger partial charge in [0.1, 0.15) is 5.41 Å². The fourth-order valence-corrected chi connectivity index (χ4v) is 3.30. The van der Waals surface area contributed by atoms with E-state index in [1.54, 1.807) is 13.8 Å². The minimum Gasteiger partial charge on any atom is -0.409 e. The molecule has 1 amide bonds. The molecule has 1 aliphatic heterocycles. The molecule has 1 rings (SSSR count). The van der Waals surface area contributed by atoms with Crippen molar-refractivity contribution in [3.63, 3.8) is 0 Å². The van der Waals surface area contributed by atoms with Gasteiger partial charge in [0.05, 0.1) is 0 Å². The summed E-state index contributed by atoms with van der Waals surface area (Å²) in [6.45, 7) is 9.02. The van der Waals surface area contributed by atoms with Gasteiger partial charge in [-0.25, -0.2) is 0 Å². The highest BCUT2D eigenvalue weighted by Crippen LogP contribution is 2.28. The summed E-state index contributed by atoms with van der Waals surface area (Å²) in [4.78, 5) is 14.2. The van der Waals surface area contributed by atoms with Crippen LogP contribution in [0, 0.1) is 5.41 Å². The third kappa shape index (κ3) is 3.06. The van der Waals surface area contributed by atoms with Crippen LogP contribution in [0.15, 0.2) is 5.16 Å². The van der Waals surface area contributed by atoms with E-state index in [2.05, 4.69) is 19.0 Å². The Balaban J connectivity index is 2.82. The Morgan fingerprint density at radius 1 is 1.41 bits per heavy atom. The van der Waals surface area contributed by atoms with E-state index in [9.17, 15) is 4.79 Å². The fourth-order valence-electron chi connectivity index (χ4n) is 1.97. The minimum atomic E-state index is -0.948. The van der Waals surface area contributed by atoms with Gasteiger partial charge in [-0.2, -0.15) is 11.8 Å². The maximum Gasteiger partial charge on any atom is 0.236 e. The number of nitrogens with zero attached hydrogens (tertiary/aromatic N) is 2. The second kappa shape index (κ2) is 5.16. The van der Waals surface area contributed by atoms with Gasteiger partial charge in [-0.15, -0.1) is 0 Å². The number of thioether (sulfide) groups is 1. The summed E-state index contributed by atoms with van der Waals surface area (Å²) in [6, 6.07) is 0. The third-order valence-corrected chi connectivity index (χ3v) is 4.22. The summed E-state index contributed by atoms with van der Waals surface area (Å²) in [5.74, 6) is -0.118. The molecule has 0 aromatic rings. The van der Waals surface area contributed by atoms with Crippen molar-refractivity contribution in [1.29, 1.82) is 0 Å². The number of carbonyl (C=O) groups is 1. The average Bonchev–Trinajstić information content (AvgIpc) is 2.25. The van der Waals surface area contributed by atoms with Crippen molar-refractivity contribution in [2.75, 3.05) is 13.1 Å². The van der Waals surface area contributed by atoms with Crippen LogP contribution < -0.4 is 5.73 Å². The van der Waals surface area contributed by atoms with E-state index in [0.717, 1.165) is 13.1 Å². The second-order valence-electron chi connectivity index (χ2n) is 5.08. The highest BCUT2D eigenvalue weighted by Gasteiger charge is 2.38. The molecule has 17 heavy (non-hydrogen) atoms. The first-order valence-electron chi connectivity index (χ1n) is 5.72. The Bertz CT molecular complexity index is 321.